The first kappa shape index (κ1) is 27.0. The summed E-state index contributed by atoms with van der Waals surface area (Å²) in [7, 11) is 0. The molecule has 35 heavy (non-hydrogen) atoms. The normalized spacial score (nSPS) is 11.6. The van der Waals surface area contributed by atoms with E-state index in [-0.39, 0.29) is 25.0 Å². The molecular formula is C28H30Br2N2O3. The largest absolute Gasteiger partial charge is 0.484 e. The number of aryl methyl sites for hydroxylation is 2. The molecule has 1 N–H and O–H groups in total. The number of likely N-dealkylation sites (N-methyl/N-ethyl adjacent to an activating group) is 1. The lowest BCUT2D eigenvalue weighted by atomic mass is 10.0. The molecule has 0 bridgehead atoms. The zero-order valence-corrected chi connectivity index (χ0v) is 23.4. The fraction of sp³-hybridized carbons (Fsp3) is 0.286. The lowest BCUT2D eigenvalue weighted by Gasteiger charge is -2.31. The van der Waals surface area contributed by atoms with Gasteiger partial charge in [0, 0.05) is 28.5 Å². The van der Waals surface area contributed by atoms with Crippen LogP contribution in [0.3, 0.4) is 0 Å². The minimum absolute atomic E-state index is 0.167. The Morgan fingerprint density at radius 3 is 2.23 bits per heavy atom. The first-order chi connectivity index (χ1) is 16.8. The second-order valence-corrected chi connectivity index (χ2v) is 10.1. The Hall–Kier alpha value is -2.64. The van der Waals surface area contributed by atoms with Crippen LogP contribution in [0.2, 0.25) is 0 Å². The van der Waals surface area contributed by atoms with Crippen LogP contribution in [0.4, 0.5) is 0 Å². The van der Waals surface area contributed by atoms with E-state index in [4.69, 9.17) is 4.74 Å². The van der Waals surface area contributed by atoms with Gasteiger partial charge in [-0.3, -0.25) is 9.59 Å². The maximum Gasteiger partial charge on any atom is 0.261 e. The van der Waals surface area contributed by atoms with E-state index in [1.165, 1.54) is 0 Å². The Morgan fingerprint density at radius 1 is 0.943 bits per heavy atom. The molecule has 3 aromatic carbocycles. The quantitative estimate of drug-likeness (QED) is 0.311. The highest BCUT2D eigenvalue weighted by Crippen LogP contribution is 2.26. The highest BCUT2D eigenvalue weighted by atomic mass is 79.9. The third-order valence-electron chi connectivity index (χ3n) is 5.64. The minimum Gasteiger partial charge on any atom is -0.484 e. The molecule has 0 radical (unpaired) electrons. The summed E-state index contributed by atoms with van der Waals surface area (Å²) in [4.78, 5) is 28.4. The van der Waals surface area contributed by atoms with Crippen LogP contribution in [-0.2, 0) is 22.6 Å². The fourth-order valence-corrected chi connectivity index (χ4v) is 4.57. The minimum atomic E-state index is -0.680. The van der Waals surface area contributed by atoms with Gasteiger partial charge in [-0.15, -0.1) is 0 Å². The maximum atomic E-state index is 13.6. The van der Waals surface area contributed by atoms with E-state index >= 15 is 0 Å². The molecule has 0 saturated heterocycles. The average molecular weight is 602 g/mol. The highest BCUT2D eigenvalue weighted by Gasteiger charge is 2.30. The van der Waals surface area contributed by atoms with Crippen LogP contribution in [-0.4, -0.2) is 35.9 Å². The molecule has 1 unspecified atom stereocenters. The van der Waals surface area contributed by atoms with Crippen molar-refractivity contribution in [1.82, 2.24) is 10.2 Å². The highest BCUT2D eigenvalue weighted by molar-refractivity contribution is 9.10. The third-order valence-corrected chi connectivity index (χ3v) is 7.38. The Kier molecular flexibility index (Phi) is 9.93. The monoisotopic (exact) mass is 600 g/mol. The van der Waals surface area contributed by atoms with Crippen molar-refractivity contribution in [2.24, 2.45) is 0 Å². The summed E-state index contributed by atoms with van der Waals surface area (Å²) in [6.45, 7) is 6.44. The van der Waals surface area contributed by atoms with Gasteiger partial charge in [0.15, 0.2) is 6.61 Å². The molecule has 0 aromatic heterocycles. The Bertz CT molecular complexity index is 1140. The number of ether oxygens (including phenoxy) is 1. The number of carbonyl (C=O) groups excluding carboxylic acids is 2. The van der Waals surface area contributed by atoms with E-state index < -0.39 is 6.04 Å². The van der Waals surface area contributed by atoms with Crippen LogP contribution in [0.25, 0.3) is 0 Å². The lowest BCUT2D eigenvalue weighted by molar-refractivity contribution is -0.142. The number of hydrogen-bond acceptors (Lipinski definition) is 3. The summed E-state index contributed by atoms with van der Waals surface area (Å²) >= 11 is 7.06. The number of benzene rings is 3. The number of halogens is 2. The van der Waals surface area contributed by atoms with Gasteiger partial charge in [0.2, 0.25) is 5.91 Å². The van der Waals surface area contributed by atoms with Crippen molar-refractivity contribution in [2.75, 3.05) is 13.2 Å². The standard InChI is InChI=1S/C28H30Br2N2O3/c1-4-31-28(34)25(16-21-9-6-5-7-10-21)32(17-22-11-8-12-23(29)15-22)26(33)18-35-24-13-19(2)27(30)20(3)14-24/h5-15,25H,4,16-18H2,1-3H3,(H,31,34). The van der Waals surface area contributed by atoms with Crippen molar-refractivity contribution < 1.29 is 14.3 Å². The van der Waals surface area contributed by atoms with Crippen molar-refractivity contribution in [3.05, 3.63) is 97.9 Å². The van der Waals surface area contributed by atoms with Gasteiger partial charge in [-0.2, -0.15) is 0 Å². The predicted octanol–water partition coefficient (Wildman–Crippen LogP) is 5.98. The molecule has 0 saturated carbocycles. The lowest BCUT2D eigenvalue weighted by Crippen LogP contribution is -2.51. The molecule has 3 aromatic rings. The Balaban J connectivity index is 1.90. The van der Waals surface area contributed by atoms with Crippen LogP contribution < -0.4 is 10.1 Å². The first-order valence-corrected chi connectivity index (χ1v) is 13.1. The van der Waals surface area contributed by atoms with Crippen LogP contribution in [0, 0.1) is 13.8 Å². The molecule has 0 heterocycles. The van der Waals surface area contributed by atoms with Crippen molar-refractivity contribution in [3.63, 3.8) is 0 Å². The third kappa shape index (κ3) is 7.67. The molecule has 2 amide bonds. The van der Waals surface area contributed by atoms with Gasteiger partial charge in [0.25, 0.3) is 5.91 Å². The van der Waals surface area contributed by atoms with Gasteiger partial charge in [-0.25, -0.2) is 0 Å². The molecule has 0 aliphatic heterocycles. The summed E-state index contributed by atoms with van der Waals surface area (Å²) < 4.78 is 7.85. The number of nitrogens with one attached hydrogen (secondary N) is 1. The van der Waals surface area contributed by atoms with E-state index in [1.54, 1.807) is 4.90 Å². The van der Waals surface area contributed by atoms with Crippen LogP contribution >= 0.6 is 31.9 Å². The molecule has 7 heteroatoms. The van der Waals surface area contributed by atoms with Crippen molar-refractivity contribution in [3.8, 4) is 5.75 Å². The van der Waals surface area contributed by atoms with Crippen LogP contribution in [0.1, 0.15) is 29.2 Å². The maximum absolute atomic E-state index is 13.6. The summed E-state index contributed by atoms with van der Waals surface area (Å²) in [6.07, 6.45) is 0.406. The molecule has 184 valence electrons. The van der Waals surface area contributed by atoms with Crippen molar-refractivity contribution in [1.29, 1.82) is 0 Å². The zero-order valence-electron chi connectivity index (χ0n) is 20.2. The number of amides is 2. The molecule has 1 atom stereocenters. The predicted molar refractivity (Wildman–Crippen MR) is 146 cm³/mol. The number of hydrogen-bond donors (Lipinski definition) is 1. The van der Waals surface area contributed by atoms with Gasteiger partial charge >= 0.3 is 0 Å². The molecule has 0 fully saturated rings. The molecule has 5 nitrogen and oxygen atoms in total. The molecule has 0 aliphatic rings. The topological polar surface area (TPSA) is 58.6 Å². The Labute approximate surface area is 224 Å². The van der Waals surface area contributed by atoms with E-state index in [0.29, 0.717) is 18.7 Å². The van der Waals surface area contributed by atoms with Gasteiger partial charge in [0.05, 0.1) is 0 Å². The SMILES string of the molecule is CCNC(=O)C(Cc1ccccc1)N(Cc1cccc(Br)c1)C(=O)COc1cc(C)c(Br)c(C)c1. The average Bonchev–Trinajstić information content (AvgIpc) is 2.84. The molecule has 0 spiro atoms. The second kappa shape index (κ2) is 12.9. The van der Waals surface area contributed by atoms with Gasteiger partial charge in [-0.05, 0) is 67.3 Å². The molecule has 0 aliphatic carbocycles. The van der Waals surface area contributed by atoms with Gasteiger partial charge in [0.1, 0.15) is 11.8 Å². The molecule has 3 rings (SSSR count). The summed E-state index contributed by atoms with van der Waals surface area (Å²) in [6, 6.07) is 20.6. The van der Waals surface area contributed by atoms with E-state index in [0.717, 1.165) is 31.2 Å². The van der Waals surface area contributed by atoms with Gasteiger partial charge in [-0.1, -0.05) is 74.3 Å². The van der Waals surface area contributed by atoms with Gasteiger partial charge < -0.3 is 15.0 Å². The summed E-state index contributed by atoms with van der Waals surface area (Å²) in [5.41, 5.74) is 3.96. The smallest absolute Gasteiger partial charge is 0.261 e. The second-order valence-electron chi connectivity index (χ2n) is 8.41. The van der Waals surface area contributed by atoms with Crippen molar-refractivity contribution in [2.45, 2.75) is 39.8 Å². The summed E-state index contributed by atoms with van der Waals surface area (Å²) in [5, 5.41) is 2.91. The Morgan fingerprint density at radius 2 is 1.60 bits per heavy atom. The van der Waals surface area contributed by atoms with E-state index in [2.05, 4.69) is 37.2 Å². The van der Waals surface area contributed by atoms with Crippen LogP contribution in [0.15, 0.2) is 75.7 Å². The first-order valence-electron chi connectivity index (χ1n) is 11.5. The fourth-order valence-electron chi connectivity index (χ4n) is 3.90. The van der Waals surface area contributed by atoms with Crippen LogP contribution in [0.5, 0.6) is 5.75 Å². The number of carbonyl (C=O) groups is 2. The van der Waals surface area contributed by atoms with Crippen molar-refractivity contribution >= 4 is 43.7 Å². The zero-order chi connectivity index (χ0) is 25.4. The number of nitrogens with zero attached hydrogens (tertiary/aromatic N) is 1. The summed E-state index contributed by atoms with van der Waals surface area (Å²) in [5.74, 6) is 0.182. The van der Waals surface area contributed by atoms with E-state index in [9.17, 15) is 9.59 Å². The molecular weight excluding hydrogens is 572 g/mol. The number of rotatable bonds is 10. The van der Waals surface area contributed by atoms with E-state index in [1.807, 2.05) is 87.5 Å².